The molecule has 0 bridgehead atoms. The Morgan fingerprint density at radius 2 is 1.60 bits per heavy atom. The van der Waals surface area contributed by atoms with Gasteiger partial charge in [-0.25, -0.2) is 4.79 Å². The first-order valence-electron chi connectivity index (χ1n) is 11.6. The molecule has 1 atom stereocenters. The van der Waals surface area contributed by atoms with Gasteiger partial charge in [0.05, 0.1) is 35.0 Å². The van der Waals surface area contributed by atoms with Crippen molar-refractivity contribution in [3.8, 4) is 11.1 Å². The van der Waals surface area contributed by atoms with E-state index in [0.29, 0.717) is 22.5 Å². The molecular weight excluding hydrogens is 440 g/mol. The Bertz CT molecular complexity index is 1420. The molecule has 0 spiro atoms. The molecule has 6 heteroatoms. The van der Waals surface area contributed by atoms with Crippen LogP contribution in [0, 0.1) is 5.92 Å². The molecule has 4 aromatic rings. The lowest BCUT2D eigenvalue weighted by Gasteiger charge is -2.18. The second-order valence-electron chi connectivity index (χ2n) is 8.42. The fourth-order valence-corrected chi connectivity index (χ4v) is 4.67. The predicted molar refractivity (Wildman–Crippen MR) is 134 cm³/mol. The largest absolute Gasteiger partial charge is 0.462 e. The number of hydrogen-bond acceptors (Lipinski definition) is 5. The van der Waals surface area contributed by atoms with E-state index in [1.54, 1.807) is 31.2 Å². The molecule has 1 saturated heterocycles. The van der Waals surface area contributed by atoms with Gasteiger partial charge in [0.2, 0.25) is 11.8 Å². The summed E-state index contributed by atoms with van der Waals surface area (Å²) in [5.74, 6) is -1.65. The Labute approximate surface area is 203 Å². The Kier molecular flexibility index (Phi) is 6.10. The van der Waals surface area contributed by atoms with Crippen LogP contribution in [-0.4, -0.2) is 29.4 Å². The Hall–Kier alpha value is -4.32. The number of fused-ring (bicyclic) bond motifs is 1. The molecule has 35 heavy (non-hydrogen) atoms. The minimum Gasteiger partial charge on any atom is -0.462 e. The summed E-state index contributed by atoms with van der Waals surface area (Å²) in [6, 6.07) is 26.1. The number of anilines is 1. The van der Waals surface area contributed by atoms with Crippen LogP contribution in [-0.2, 0) is 20.7 Å². The number of para-hydroxylation sites is 2. The van der Waals surface area contributed by atoms with Gasteiger partial charge in [0, 0.05) is 23.8 Å². The molecule has 5 rings (SSSR count). The molecule has 1 aromatic heterocycles. The number of esters is 1. The minimum absolute atomic E-state index is 0.0607. The number of carbonyl (C=O) groups is 3. The first kappa shape index (κ1) is 22.5. The van der Waals surface area contributed by atoms with Crippen molar-refractivity contribution in [3.63, 3.8) is 0 Å². The molecule has 0 radical (unpaired) electrons. The van der Waals surface area contributed by atoms with Crippen molar-refractivity contribution in [2.75, 3.05) is 11.5 Å². The van der Waals surface area contributed by atoms with Gasteiger partial charge in [-0.3, -0.25) is 19.5 Å². The van der Waals surface area contributed by atoms with E-state index in [9.17, 15) is 14.4 Å². The molecular formula is C29H24N2O4. The van der Waals surface area contributed by atoms with E-state index < -0.39 is 11.9 Å². The maximum atomic E-state index is 13.3. The molecule has 1 aliphatic rings. The molecule has 174 valence electrons. The highest BCUT2D eigenvalue weighted by Crippen LogP contribution is 2.36. The highest BCUT2D eigenvalue weighted by atomic mass is 16.5. The number of aromatic nitrogens is 1. The van der Waals surface area contributed by atoms with Crippen molar-refractivity contribution in [2.24, 2.45) is 5.92 Å². The number of amides is 2. The lowest BCUT2D eigenvalue weighted by atomic mass is 9.90. The molecule has 0 aliphatic carbocycles. The predicted octanol–water partition coefficient (Wildman–Crippen LogP) is 5.20. The Balaban J connectivity index is 1.64. The second-order valence-corrected chi connectivity index (χ2v) is 8.42. The number of pyridine rings is 1. The lowest BCUT2D eigenvalue weighted by molar-refractivity contribution is -0.122. The van der Waals surface area contributed by atoms with Crippen molar-refractivity contribution in [3.05, 3.63) is 96.2 Å². The molecule has 3 aromatic carbocycles. The van der Waals surface area contributed by atoms with E-state index in [4.69, 9.17) is 9.72 Å². The first-order valence-corrected chi connectivity index (χ1v) is 11.6. The fraction of sp³-hybridized carbons (Fsp3) is 0.172. The number of rotatable bonds is 6. The SMILES string of the molecule is CCOC(=O)c1c(CC2CC(=O)N(c3ccccc3)C2=O)nc2ccccc2c1-c1ccccc1. The van der Waals surface area contributed by atoms with E-state index in [1.165, 1.54) is 4.90 Å². The van der Waals surface area contributed by atoms with Crippen molar-refractivity contribution in [1.29, 1.82) is 0 Å². The number of nitrogens with zero attached hydrogens (tertiary/aromatic N) is 2. The molecule has 2 amide bonds. The minimum atomic E-state index is -0.617. The van der Waals surface area contributed by atoms with Gasteiger partial charge in [-0.2, -0.15) is 0 Å². The van der Waals surface area contributed by atoms with Crippen LogP contribution in [0.3, 0.4) is 0 Å². The summed E-state index contributed by atoms with van der Waals surface area (Å²) >= 11 is 0. The summed E-state index contributed by atoms with van der Waals surface area (Å²) in [6.45, 7) is 1.97. The van der Waals surface area contributed by atoms with Gasteiger partial charge in [-0.15, -0.1) is 0 Å². The molecule has 6 nitrogen and oxygen atoms in total. The monoisotopic (exact) mass is 464 g/mol. The van der Waals surface area contributed by atoms with E-state index >= 15 is 0 Å². The summed E-state index contributed by atoms with van der Waals surface area (Å²) in [5, 5.41) is 0.824. The van der Waals surface area contributed by atoms with Crippen LogP contribution in [0.5, 0.6) is 0 Å². The maximum Gasteiger partial charge on any atom is 0.340 e. The average Bonchev–Trinajstić information content (AvgIpc) is 3.16. The van der Waals surface area contributed by atoms with E-state index in [-0.39, 0.29) is 31.3 Å². The van der Waals surface area contributed by atoms with E-state index in [1.807, 2.05) is 60.7 Å². The normalized spacial score (nSPS) is 15.6. The fourth-order valence-electron chi connectivity index (χ4n) is 4.67. The third-order valence-electron chi connectivity index (χ3n) is 6.20. The van der Waals surface area contributed by atoms with Gasteiger partial charge in [0.15, 0.2) is 0 Å². The smallest absolute Gasteiger partial charge is 0.340 e. The molecule has 2 heterocycles. The van der Waals surface area contributed by atoms with Crippen molar-refractivity contribution >= 4 is 34.4 Å². The van der Waals surface area contributed by atoms with Gasteiger partial charge in [-0.1, -0.05) is 66.7 Å². The quantitative estimate of drug-likeness (QED) is 0.290. The van der Waals surface area contributed by atoms with Crippen LogP contribution in [0.4, 0.5) is 5.69 Å². The van der Waals surface area contributed by atoms with Crippen molar-refractivity contribution in [1.82, 2.24) is 4.98 Å². The van der Waals surface area contributed by atoms with E-state index in [2.05, 4.69) is 0 Å². The summed E-state index contributed by atoms with van der Waals surface area (Å²) in [6.07, 6.45) is 0.220. The maximum absolute atomic E-state index is 13.3. The van der Waals surface area contributed by atoms with Crippen LogP contribution >= 0.6 is 0 Å². The zero-order chi connectivity index (χ0) is 24.4. The highest BCUT2D eigenvalue weighted by molar-refractivity contribution is 6.21. The van der Waals surface area contributed by atoms with Crippen molar-refractivity contribution < 1.29 is 19.1 Å². The number of imide groups is 1. The number of hydrogen-bond donors (Lipinski definition) is 0. The van der Waals surface area contributed by atoms with E-state index in [0.717, 1.165) is 16.5 Å². The standard InChI is InChI=1S/C29H24N2O4/c1-2-35-29(34)27-24(17-20-18-25(32)31(28(20)33)21-13-7-4-8-14-21)30-23-16-10-9-15-22(23)26(27)19-11-5-3-6-12-19/h3-16,20H,2,17-18H2,1H3. The summed E-state index contributed by atoms with van der Waals surface area (Å²) in [7, 11) is 0. The zero-order valence-electron chi connectivity index (χ0n) is 19.3. The van der Waals surface area contributed by atoms with Crippen LogP contribution in [0.2, 0.25) is 0 Å². The molecule has 1 aliphatic heterocycles. The topological polar surface area (TPSA) is 76.6 Å². The van der Waals surface area contributed by atoms with Crippen LogP contribution in [0.1, 0.15) is 29.4 Å². The molecule has 0 N–H and O–H groups in total. The van der Waals surface area contributed by atoms with Crippen LogP contribution < -0.4 is 4.90 Å². The van der Waals surface area contributed by atoms with Gasteiger partial charge in [-0.05, 0) is 30.7 Å². The average molecular weight is 465 g/mol. The highest BCUT2D eigenvalue weighted by Gasteiger charge is 2.40. The number of ether oxygens (including phenoxy) is 1. The summed E-state index contributed by atoms with van der Waals surface area (Å²) in [4.78, 5) is 45.4. The van der Waals surface area contributed by atoms with Gasteiger partial charge >= 0.3 is 5.97 Å². The Morgan fingerprint density at radius 3 is 2.31 bits per heavy atom. The zero-order valence-corrected chi connectivity index (χ0v) is 19.3. The first-order chi connectivity index (χ1) is 17.1. The Morgan fingerprint density at radius 1 is 0.943 bits per heavy atom. The molecule has 1 unspecified atom stereocenters. The lowest BCUT2D eigenvalue weighted by Crippen LogP contribution is -2.31. The van der Waals surface area contributed by atoms with Gasteiger partial charge in [0.25, 0.3) is 0 Å². The third kappa shape index (κ3) is 4.19. The number of benzene rings is 3. The summed E-state index contributed by atoms with van der Waals surface area (Å²) < 4.78 is 5.44. The van der Waals surface area contributed by atoms with Crippen LogP contribution in [0.25, 0.3) is 22.0 Å². The third-order valence-corrected chi connectivity index (χ3v) is 6.20. The molecule has 1 fully saturated rings. The number of carbonyl (C=O) groups excluding carboxylic acids is 3. The summed E-state index contributed by atoms with van der Waals surface area (Å²) in [5.41, 5.74) is 3.65. The van der Waals surface area contributed by atoms with Crippen molar-refractivity contribution in [2.45, 2.75) is 19.8 Å². The van der Waals surface area contributed by atoms with Crippen LogP contribution in [0.15, 0.2) is 84.9 Å². The molecule has 0 saturated carbocycles. The van der Waals surface area contributed by atoms with Gasteiger partial charge in [0.1, 0.15) is 0 Å². The second kappa shape index (κ2) is 9.50. The van der Waals surface area contributed by atoms with Gasteiger partial charge < -0.3 is 4.74 Å².